The van der Waals surface area contributed by atoms with Gasteiger partial charge in [-0.25, -0.2) is 0 Å². The second kappa shape index (κ2) is 6.71. The molecule has 28 heavy (non-hydrogen) atoms. The molecule has 0 aliphatic carbocycles. The highest BCUT2D eigenvalue weighted by Gasteiger charge is 2.27. The van der Waals surface area contributed by atoms with E-state index in [0.717, 1.165) is 52.8 Å². The summed E-state index contributed by atoms with van der Waals surface area (Å²) in [7, 11) is 1.64. The number of aromatic nitrogens is 3. The van der Waals surface area contributed by atoms with Crippen molar-refractivity contribution < 1.29 is 9.53 Å². The molecule has 0 saturated carbocycles. The van der Waals surface area contributed by atoms with Gasteiger partial charge in [0.15, 0.2) is 0 Å². The molecule has 1 aromatic carbocycles. The summed E-state index contributed by atoms with van der Waals surface area (Å²) in [6.07, 6.45) is 3.87. The minimum absolute atomic E-state index is 0.0501. The van der Waals surface area contributed by atoms with Gasteiger partial charge in [-0.15, -0.1) is 0 Å². The number of pyridine rings is 1. The number of amides is 1. The summed E-state index contributed by atoms with van der Waals surface area (Å²) in [5.74, 6) is 1.13. The molecule has 0 bridgehead atoms. The molecule has 142 valence electrons. The number of H-pyrrole nitrogens is 2. The predicted octanol–water partition coefficient (Wildman–Crippen LogP) is 4.07. The molecule has 1 amide bonds. The van der Waals surface area contributed by atoms with Crippen molar-refractivity contribution >= 4 is 27.8 Å². The molecule has 3 aromatic heterocycles. The highest BCUT2D eigenvalue weighted by atomic mass is 16.5. The van der Waals surface area contributed by atoms with E-state index in [4.69, 9.17) is 4.74 Å². The summed E-state index contributed by atoms with van der Waals surface area (Å²) in [6, 6.07) is 13.8. The molecule has 1 fully saturated rings. The molecule has 1 aliphatic rings. The number of rotatable bonds is 3. The lowest BCUT2D eigenvalue weighted by molar-refractivity contribution is 0.0701. The van der Waals surface area contributed by atoms with E-state index >= 15 is 0 Å². The number of benzene rings is 1. The first-order valence-corrected chi connectivity index (χ1v) is 9.61. The summed E-state index contributed by atoms with van der Waals surface area (Å²) in [5.41, 5.74) is 4.73. The first-order chi connectivity index (χ1) is 13.7. The number of hydrogen-bond donors (Lipinski definition) is 2. The third-order valence-corrected chi connectivity index (χ3v) is 5.62. The van der Waals surface area contributed by atoms with Crippen molar-refractivity contribution in [2.45, 2.75) is 18.8 Å². The van der Waals surface area contributed by atoms with Crippen molar-refractivity contribution in [2.24, 2.45) is 0 Å². The van der Waals surface area contributed by atoms with E-state index in [1.54, 1.807) is 7.11 Å². The molecule has 1 saturated heterocycles. The molecule has 2 N–H and O–H groups in total. The van der Waals surface area contributed by atoms with Gasteiger partial charge in [-0.1, -0.05) is 0 Å². The SMILES string of the molecule is COc1ccc2cc(C(=O)N3CCC[C@H](c4cc5ncccc5[nH]4)C3)[nH]c2c1. The molecular formula is C22H22N4O2. The van der Waals surface area contributed by atoms with Crippen molar-refractivity contribution in [1.29, 1.82) is 0 Å². The van der Waals surface area contributed by atoms with Gasteiger partial charge in [0.1, 0.15) is 11.4 Å². The van der Waals surface area contributed by atoms with Gasteiger partial charge in [0.2, 0.25) is 0 Å². The van der Waals surface area contributed by atoms with Crippen LogP contribution in [0.1, 0.15) is 34.9 Å². The molecule has 1 atom stereocenters. The van der Waals surface area contributed by atoms with Crippen molar-refractivity contribution in [3.8, 4) is 5.75 Å². The molecule has 0 radical (unpaired) electrons. The maximum atomic E-state index is 13.1. The number of piperidine rings is 1. The standard InChI is InChI=1S/C22H22N4O2/c1-28-16-7-6-14-10-21(25-18(14)11-16)22(27)26-9-3-4-15(13-26)19-12-20-17(24-19)5-2-8-23-20/h2,5-8,10-12,15,24-25H,3-4,9,13H2,1H3/t15-/m0/s1. The first-order valence-electron chi connectivity index (χ1n) is 9.61. The number of methoxy groups -OCH3 is 1. The van der Waals surface area contributed by atoms with Crippen molar-refractivity contribution in [2.75, 3.05) is 20.2 Å². The van der Waals surface area contributed by atoms with E-state index in [-0.39, 0.29) is 5.91 Å². The Balaban J connectivity index is 1.39. The largest absolute Gasteiger partial charge is 0.497 e. The van der Waals surface area contributed by atoms with E-state index in [9.17, 15) is 4.79 Å². The van der Waals surface area contributed by atoms with Gasteiger partial charge in [-0.05, 0) is 49.2 Å². The molecule has 0 unspecified atom stereocenters. The normalized spacial score (nSPS) is 17.3. The average molecular weight is 374 g/mol. The summed E-state index contributed by atoms with van der Waals surface area (Å²) >= 11 is 0. The quantitative estimate of drug-likeness (QED) is 0.568. The molecule has 4 heterocycles. The summed E-state index contributed by atoms with van der Waals surface area (Å²) in [5, 5.41) is 1.01. The van der Waals surface area contributed by atoms with E-state index in [0.29, 0.717) is 18.2 Å². The zero-order chi connectivity index (χ0) is 19.1. The monoisotopic (exact) mass is 374 g/mol. The van der Waals surface area contributed by atoms with Crippen LogP contribution in [-0.4, -0.2) is 46.0 Å². The van der Waals surface area contributed by atoms with Crippen molar-refractivity contribution in [1.82, 2.24) is 19.9 Å². The minimum Gasteiger partial charge on any atom is -0.497 e. The van der Waals surface area contributed by atoms with E-state index in [1.807, 2.05) is 47.5 Å². The number of fused-ring (bicyclic) bond motifs is 2. The van der Waals surface area contributed by atoms with Gasteiger partial charge in [-0.3, -0.25) is 9.78 Å². The second-order valence-corrected chi connectivity index (χ2v) is 7.39. The molecular weight excluding hydrogens is 352 g/mol. The van der Waals surface area contributed by atoms with Crippen LogP contribution >= 0.6 is 0 Å². The van der Waals surface area contributed by atoms with Crippen LogP contribution in [0.5, 0.6) is 5.75 Å². The van der Waals surface area contributed by atoms with E-state index in [2.05, 4.69) is 21.0 Å². The molecule has 0 spiro atoms. The Morgan fingerprint density at radius 1 is 1.18 bits per heavy atom. The Labute approximate surface area is 162 Å². The lowest BCUT2D eigenvalue weighted by Gasteiger charge is -2.32. The van der Waals surface area contributed by atoms with Crippen LogP contribution in [0, 0.1) is 0 Å². The van der Waals surface area contributed by atoms with Gasteiger partial charge < -0.3 is 19.6 Å². The fourth-order valence-corrected chi connectivity index (χ4v) is 4.13. The molecule has 1 aliphatic heterocycles. The average Bonchev–Trinajstić information content (AvgIpc) is 3.36. The number of likely N-dealkylation sites (tertiary alicyclic amines) is 1. The Kier molecular flexibility index (Phi) is 4.04. The van der Waals surface area contributed by atoms with E-state index in [1.165, 1.54) is 0 Å². The first kappa shape index (κ1) is 16.9. The topological polar surface area (TPSA) is 74.0 Å². The highest BCUT2D eigenvalue weighted by Crippen LogP contribution is 2.29. The summed E-state index contributed by atoms with van der Waals surface area (Å²) in [4.78, 5) is 26.2. The fraction of sp³-hybridized carbons (Fsp3) is 0.273. The summed E-state index contributed by atoms with van der Waals surface area (Å²) < 4.78 is 5.27. The maximum absolute atomic E-state index is 13.1. The highest BCUT2D eigenvalue weighted by molar-refractivity contribution is 5.98. The zero-order valence-electron chi connectivity index (χ0n) is 15.7. The number of carbonyl (C=O) groups excluding carboxylic acids is 1. The Bertz CT molecular complexity index is 1130. The Hall–Kier alpha value is -3.28. The van der Waals surface area contributed by atoms with Gasteiger partial charge in [-0.2, -0.15) is 0 Å². The van der Waals surface area contributed by atoms with Gasteiger partial charge in [0.05, 0.1) is 18.1 Å². The number of aromatic amines is 2. The third kappa shape index (κ3) is 2.91. The Morgan fingerprint density at radius 2 is 2.11 bits per heavy atom. The molecule has 5 rings (SSSR count). The van der Waals surface area contributed by atoms with Gasteiger partial charge in [0.25, 0.3) is 5.91 Å². The number of nitrogens with one attached hydrogen (secondary N) is 2. The smallest absolute Gasteiger partial charge is 0.270 e. The van der Waals surface area contributed by atoms with E-state index < -0.39 is 0 Å². The van der Waals surface area contributed by atoms with Crippen molar-refractivity contribution in [3.05, 3.63) is 60.0 Å². The number of ether oxygens (including phenoxy) is 1. The molecule has 6 heteroatoms. The van der Waals surface area contributed by atoms with Crippen LogP contribution in [0.2, 0.25) is 0 Å². The van der Waals surface area contributed by atoms with Gasteiger partial charge >= 0.3 is 0 Å². The minimum atomic E-state index is 0.0501. The third-order valence-electron chi connectivity index (χ3n) is 5.62. The fourth-order valence-electron chi connectivity index (χ4n) is 4.13. The van der Waals surface area contributed by atoms with Crippen LogP contribution in [0.15, 0.2) is 48.7 Å². The number of carbonyl (C=O) groups is 1. The molecule has 6 nitrogen and oxygen atoms in total. The summed E-state index contributed by atoms with van der Waals surface area (Å²) in [6.45, 7) is 1.50. The van der Waals surface area contributed by atoms with Crippen LogP contribution in [0.4, 0.5) is 0 Å². The zero-order valence-corrected chi connectivity index (χ0v) is 15.7. The van der Waals surface area contributed by atoms with Crippen LogP contribution in [0.3, 0.4) is 0 Å². The molecule has 4 aromatic rings. The maximum Gasteiger partial charge on any atom is 0.270 e. The predicted molar refractivity (Wildman–Crippen MR) is 109 cm³/mol. The van der Waals surface area contributed by atoms with Gasteiger partial charge in [0, 0.05) is 47.9 Å². The van der Waals surface area contributed by atoms with Crippen LogP contribution in [0.25, 0.3) is 21.9 Å². The van der Waals surface area contributed by atoms with Crippen LogP contribution < -0.4 is 4.74 Å². The number of nitrogens with zero attached hydrogens (tertiary/aromatic N) is 2. The van der Waals surface area contributed by atoms with Crippen LogP contribution in [-0.2, 0) is 0 Å². The number of hydrogen-bond acceptors (Lipinski definition) is 3. The second-order valence-electron chi connectivity index (χ2n) is 7.39. The Morgan fingerprint density at radius 3 is 2.96 bits per heavy atom. The van der Waals surface area contributed by atoms with Crippen molar-refractivity contribution in [3.63, 3.8) is 0 Å². The lowest BCUT2D eigenvalue weighted by atomic mass is 9.94. The lowest BCUT2D eigenvalue weighted by Crippen LogP contribution is -2.39.